The summed E-state index contributed by atoms with van der Waals surface area (Å²) in [6.45, 7) is 0. The van der Waals surface area contributed by atoms with E-state index in [1.807, 2.05) is 30.3 Å². The summed E-state index contributed by atoms with van der Waals surface area (Å²) in [7, 11) is -6.47. The van der Waals surface area contributed by atoms with Crippen molar-refractivity contribution in [1.29, 1.82) is 0 Å². The zero-order chi connectivity index (χ0) is 12.6. The molecule has 88 valence electrons. The van der Waals surface area contributed by atoms with Gasteiger partial charge in [0.15, 0.2) is 0 Å². The average Bonchev–Trinajstić information content (AvgIpc) is 2.17. The van der Waals surface area contributed by atoms with Gasteiger partial charge in [-0.25, -0.2) is 0 Å². The average molecular weight is 343 g/mol. The van der Waals surface area contributed by atoms with Crippen LogP contribution in [0.3, 0.4) is 0 Å². The Balaban J connectivity index is 0. The molecule has 0 aromatic heterocycles. The van der Waals surface area contributed by atoms with Crippen LogP contribution in [0.4, 0.5) is 0 Å². The largest absolute Gasteiger partial charge is 2.00 e. The second-order valence-electron chi connectivity index (χ2n) is 2.24. The van der Waals surface area contributed by atoms with Gasteiger partial charge in [0.25, 0.3) is 0 Å². The number of benzene rings is 1. The minimum atomic E-state index is -3.24. The van der Waals surface area contributed by atoms with Gasteiger partial charge in [-0.15, -0.1) is 23.2 Å². The van der Waals surface area contributed by atoms with E-state index in [0.29, 0.717) is 0 Å². The van der Waals surface area contributed by atoms with Crippen molar-refractivity contribution in [2.75, 3.05) is 0 Å². The Bertz CT molecular complexity index is 339. The van der Waals surface area contributed by atoms with Crippen molar-refractivity contribution >= 4 is 77.4 Å². The van der Waals surface area contributed by atoms with Crippen molar-refractivity contribution in [1.82, 2.24) is 0 Å². The molecule has 1 rings (SSSR count). The molecule has 10 heteroatoms. The van der Waals surface area contributed by atoms with E-state index in [2.05, 4.69) is 4.31 Å². The second-order valence-corrected chi connectivity index (χ2v) is 4.88. The summed E-state index contributed by atoms with van der Waals surface area (Å²) in [6.07, 6.45) is 0. The third kappa shape index (κ3) is 13.4. The molecule has 0 bridgehead atoms. The molecule has 0 heterocycles. The Morgan fingerprint density at radius 2 is 1.47 bits per heavy atom. The van der Waals surface area contributed by atoms with Gasteiger partial charge in [0, 0.05) is 0 Å². The van der Waals surface area contributed by atoms with Gasteiger partial charge >= 0.3 is 54.2 Å². The molecule has 0 fully saturated rings. The zero-order valence-corrected chi connectivity index (χ0v) is 13.9. The third-order valence-corrected chi connectivity index (χ3v) is 2.76. The van der Waals surface area contributed by atoms with E-state index in [1.165, 1.54) is 0 Å². The molecule has 2 unspecified atom stereocenters. The Labute approximate surface area is 140 Å². The summed E-state index contributed by atoms with van der Waals surface area (Å²) in [4.78, 5) is 18.1. The maximum absolute atomic E-state index is 9.24. The van der Waals surface area contributed by atoms with Crippen LogP contribution in [0.15, 0.2) is 30.3 Å². The molecule has 5 nitrogen and oxygen atoms in total. The van der Waals surface area contributed by atoms with Crippen LogP contribution in [-0.4, -0.2) is 37.7 Å². The molecule has 0 aliphatic rings. The molecule has 1 aromatic rings. The molecule has 0 amide bonds. The van der Waals surface area contributed by atoms with Crippen molar-refractivity contribution in [3.05, 3.63) is 35.9 Å². The summed E-state index contributed by atoms with van der Waals surface area (Å²) in [6, 6.07) is 9.54. The topological polar surface area (TPSA) is 89.5 Å². The fraction of sp³-hybridized carbons (Fsp3) is 0.143. The van der Waals surface area contributed by atoms with Gasteiger partial charge in [-0.05, 0) is 14.7 Å². The first-order valence-corrected chi connectivity index (χ1v) is 6.80. The van der Waals surface area contributed by atoms with Crippen molar-refractivity contribution in [2.24, 2.45) is 0 Å². The number of hydrogen-bond acceptors (Lipinski definition) is 5. The fourth-order valence-electron chi connectivity index (χ4n) is 0.653. The van der Waals surface area contributed by atoms with E-state index in [4.69, 9.17) is 23.2 Å². The minimum Gasteiger partial charge on any atom is -0.563 e. The normalized spacial score (nSPS) is 10.9. The Kier molecular flexibility index (Phi) is 14.7. The Hall–Kier alpha value is 1.14. The number of rotatable bonds is 3. The van der Waals surface area contributed by atoms with E-state index in [-0.39, 0.29) is 37.7 Å². The molecule has 0 spiro atoms. The summed E-state index contributed by atoms with van der Waals surface area (Å²) in [5.74, 6) is 0. The zero-order valence-electron chi connectivity index (χ0n) is 8.36. The second kappa shape index (κ2) is 12.2. The predicted molar refractivity (Wildman–Crippen MR) is 62.9 cm³/mol. The number of alkyl halides is 2. The molecule has 0 saturated carbocycles. The molecule has 0 N–H and O–H groups in total. The summed E-state index contributed by atoms with van der Waals surface area (Å²) >= 11 is 11.1. The van der Waals surface area contributed by atoms with Crippen LogP contribution < -0.4 is 9.79 Å². The van der Waals surface area contributed by atoms with E-state index >= 15 is 0 Å². The predicted octanol–water partition coefficient (Wildman–Crippen LogP) is 1.82. The van der Waals surface area contributed by atoms with Crippen molar-refractivity contribution in [3.63, 3.8) is 0 Å². The van der Waals surface area contributed by atoms with Crippen LogP contribution in [0.5, 0.6) is 0 Å². The monoisotopic (exact) mass is 342 g/mol. The van der Waals surface area contributed by atoms with Crippen molar-refractivity contribution < 1.29 is 23.2 Å². The molecule has 0 aliphatic heterocycles. The molecule has 17 heavy (non-hydrogen) atoms. The number of hydrogen-bond donors (Lipinski definition) is 0. The first kappa shape index (κ1) is 20.5. The molecule has 2 atom stereocenters. The molecule has 0 aliphatic carbocycles. The quantitative estimate of drug-likeness (QED) is 0.474. The summed E-state index contributed by atoms with van der Waals surface area (Å²) < 4.78 is 21.6. The Morgan fingerprint density at radius 1 is 1.06 bits per heavy atom. The first-order chi connectivity index (χ1) is 7.43. The van der Waals surface area contributed by atoms with E-state index in [9.17, 15) is 18.9 Å². The van der Waals surface area contributed by atoms with Gasteiger partial charge in [0.2, 0.25) is 0 Å². The molecule has 1 aromatic carbocycles. The van der Waals surface area contributed by atoms with Gasteiger partial charge in [-0.1, -0.05) is 30.3 Å². The van der Waals surface area contributed by atoms with Crippen LogP contribution in [0, 0.1) is 0 Å². The third-order valence-electron chi connectivity index (χ3n) is 1.18. The van der Waals surface area contributed by atoms with Crippen LogP contribution in [0.2, 0.25) is 0 Å². The van der Waals surface area contributed by atoms with E-state index < -0.39 is 21.3 Å². The first-order valence-electron chi connectivity index (χ1n) is 3.73. The van der Waals surface area contributed by atoms with Crippen LogP contribution >= 0.6 is 39.7 Å². The summed E-state index contributed by atoms with van der Waals surface area (Å²) in [5.41, 5.74) is 0.945. The summed E-state index contributed by atoms with van der Waals surface area (Å²) in [5, 5.41) is 0. The molecule has 0 saturated heterocycles. The smallest absolute Gasteiger partial charge is 0.563 e. The van der Waals surface area contributed by atoms with Crippen LogP contribution in [-0.2, 0) is 13.4 Å². The van der Waals surface area contributed by atoms with E-state index in [1.54, 1.807) is 0 Å². The van der Waals surface area contributed by atoms with Crippen molar-refractivity contribution in [2.45, 2.75) is 4.84 Å². The van der Waals surface area contributed by atoms with Gasteiger partial charge in [0.05, 0.1) is 0 Å². The van der Waals surface area contributed by atoms with Gasteiger partial charge in [0.1, 0.15) is 9.15 Å². The van der Waals surface area contributed by atoms with Gasteiger partial charge < -0.3 is 9.79 Å². The standard InChI is InChI=1S/C7H6Cl2.Ca.O5P2/c8-7(9)6-4-2-1-3-5-6;;1-6(2)5-7(3)4/h1-5,7H;;/q;+2;. The van der Waals surface area contributed by atoms with Gasteiger partial charge in [-0.2, -0.15) is 0 Å². The molecular formula is C7H6CaCl2O5P2+2. The maximum atomic E-state index is 9.24. The fourth-order valence-corrected chi connectivity index (χ4v) is 1.38. The Morgan fingerprint density at radius 3 is 1.65 bits per heavy atom. The van der Waals surface area contributed by atoms with Gasteiger partial charge in [-0.3, -0.25) is 0 Å². The van der Waals surface area contributed by atoms with Crippen LogP contribution in [0.1, 0.15) is 10.4 Å². The molecule has 0 radical (unpaired) electrons. The maximum Gasteiger partial charge on any atom is 2.00 e. The van der Waals surface area contributed by atoms with E-state index in [0.717, 1.165) is 5.56 Å². The molecular weight excluding hydrogens is 337 g/mol. The van der Waals surface area contributed by atoms with Crippen LogP contribution in [0.25, 0.3) is 0 Å². The minimum absolute atomic E-state index is 0. The number of halogens is 2. The SMILES string of the molecule is ClC(Cl)c1ccccc1.O=[P+]([O-])O[P+](=O)[O-].[Ca+2]. The van der Waals surface area contributed by atoms with Crippen molar-refractivity contribution in [3.8, 4) is 0 Å².